The summed E-state index contributed by atoms with van der Waals surface area (Å²) in [6.07, 6.45) is -3.95. The van der Waals surface area contributed by atoms with Crippen LogP contribution in [0.5, 0.6) is 11.5 Å². The van der Waals surface area contributed by atoms with Gasteiger partial charge in [-0.25, -0.2) is 0 Å². The number of halogens is 3. The zero-order valence-electron chi connectivity index (χ0n) is 20.3. The molecule has 0 spiro atoms. The van der Waals surface area contributed by atoms with E-state index in [0.717, 1.165) is 43.8 Å². The number of rotatable bonds is 3. The molecule has 2 bridgehead atoms. The predicted molar refractivity (Wildman–Crippen MR) is 137 cm³/mol. The quantitative estimate of drug-likeness (QED) is 0.434. The molecule has 2 saturated carbocycles. The SMILES string of the molecule is COc1cc(C2c3sc(=O)[nH]c3SC3C4CC(C5C(=O)N(c6cccc(C(F)(F)F)c6)C(=O)C45)C23)ccc1O. The number of fused-ring (bicyclic) bond motifs is 9. The van der Waals surface area contributed by atoms with Crippen molar-refractivity contribution < 1.29 is 32.6 Å². The number of carbonyl (C=O) groups excluding carboxylic acids is 2. The average molecular weight is 575 g/mol. The molecule has 7 unspecified atom stereocenters. The van der Waals surface area contributed by atoms with E-state index in [1.54, 1.807) is 12.1 Å². The number of hydrogen-bond donors (Lipinski definition) is 2. The molecule has 3 heterocycles. The molecule has 2 amide bonds. The Morgan fingerprint density at radius 2 is 1.79 bits per heavy atom. The first-order chi connectivity index (χ1) is 18.6. The van der Waals surface area contributed by atoms with Crippen LogP contribution in [0.1, 0.15) is 28.3 Å². The minimum absolute atomic E-state index is 0.0215. The summed E-state index contributed by atoms with van der Waals surface area (Å²) < 4.78 is 45.5. The van der Waals surface area contributed by atoms with Crippen molar-refractivity contribution in [1.82, 2.24) is 4.98 Å². The highest BCUT2D eigenvalue weighted by molar-refractivity contribution is 8.00. The van der Waals surface area contributed by atoms with Gasteiger partial charge in [0.2, 0.25) is 11.8 Å². The molecule has 12 heteroatoms. The highest BCUT2D eigenvalue weighted by Crippen LogP contribution is 2.68. The van der Waals surface area contributed by atoms with E-state index in [9.17, 15) is 32.7 Å². The number of H-pyrrole nitrogens is 1. The van der Waals surface area contributed by atoms with Crippen LogP contribution in [0, 0.1) is 29.6 Å². The first-order valence-corrected chi connectivity index (χ1v) is 14.1. The van der Waals surface area contributed by atoms with Crippen LogP contribution in [0.3, 0.4) is 0 Å². The number of phenols is 1. The van der Waals surface area contributed by atoms with E-state index in [1.165, 1.54) is 37.1 Å². The number of aromatic nitrogens is 1. The Labute approximate surface area is 228 Å². The lowest BCUT2D eigenvalue weighted by Gasteiger charge is -2.43. The van der Waals surface area contributed by atoms with Gasteiger partial charge in [-0.1, -0.05) is 23.5 Å². The molecular weight excluding hydrogens is 553 g/mol. The number of nitrogens with one attached hydrogen (secondary N) is 1. The van der Waals surface area contributed by atoms with Crippen molar-refractivity contribution >= 4 is 40.6 Å². The van der Waals surface area contributed by atoms with E-state index in [1.807, 2.05) is 0 Å². The first-order valence-electron chi connectivity index (χ1n) is 12.4. The van der Waals surface area contributed by atoms with Gasteiger partial charge < -0.3 is 14.8 Å². The van der Waals surface area contributed by atoms with Crippen LogP contribution in [0.2, 0.25) is 0 Å². The number of phenolic OH excluding ortho intramolecular Hbond substituents is 1. The minimum Gasteiger partial charge on any atom is -0.504 e. The van der Waals surface area contributed by atoms with Crippen LogP contribution in [0.4, 0.5) is 18.9 Å². The number of hydrogen-bond acceptors (Lipinski definition) is 7. The number of alkyl halides is 3. The van der Waals surface area contributed by atoms with Gasteiger partial charge in [-0.15, -0.1) is 11.8 Å². The lowest BCUT2D eigenvalue weighted by Crippen LogP contribution is -2.42. The maximum absolute atomic E-state index is 13.8. The Kier molecular flexibility index (Phi) is 5.32. The van der Waals surface area contributed by atoms with E-state index in [2.05, 4.69) is 4.98 Å². The number of aromatic amines is 1. The summed E-state index contributed by atoms with van der Waals surface area (Å²) in [5, 5.41) is 10.8. The number of ether oxygens (including phenoxy) is 1. The fourth-order valence-electron chi connectivity index (χ4n) is 7.35. The third kappa shape index (κ3) is 3.46. The Balaban J connectivity index is 1.31. The number of carbonyl (C=O) groups is 2. The van der Waals surface area contributed by atoms with Crippen molar-refractivity contribution in [3.63, 3.8) is 0 Å². The van der Waals surface area contributed by atoms with Crippen LogP contribution < -0.4 is 14.5 Å². The second-order valence-electron chi connectivity index (χ2n) is 10.5. The number of benzene rings is 2. The maximum atomic E-state index is 13.8. The summed E-state index contributed by atoms with van der Waals surface area (Å²) in [6.45, 7) is 0. The van der Waals surface area contributed by atoms with Crippen LogP contribution >= 0.6 is 23.1 Å². The number of imide groups is 1. The van der Waals surface area contributed by atoms with Gasteiger partial charge in [0.25, 0.3) is 0 Å². The molecule has 7 atom stereocenters. The van der Waals surface area contributed by atoms with Gasteiger partial charge in [0.05, 0.1) is 35.2 Å². The summed E-state index contributed by atoms with van der Waals surface area (Å²) >= 11 is 2.63. The van der Waals surface area contributed by atoms with Gasteiger partial charge in [-0.3, -0.25) is 19.3 Å². The van der Waals surface area contributed by atoms with Crippen LogP contribution in [0.25, 0.3) is 0 Å². The van der Waals surface area contributed by atoms with Crippen LogP contribution in [0.15, 0.2) is 52.3 Å². The molecule has 202 valence electrons. The number of amides is 2. The normalized spacial score (nSPS) is 30.9. The van der Waals surface area contributed by atoms with Crippen molar-refractivity contribution in [2.24, 2.45) is 29.6 Å². The lowest BCUT2D eigenvalue weighted by atomic mass is 9.68. The van der Waals surface area contributed by atoms with Gasteiger partial charge in [0.15, 0.2) is 11.5 Å². The Bertz CT molecular complexity index is 1600. The number of nitrogens with zero attached hydrogens (tertiary/aromatic N) is 1. The van der Waals surface area contributed by atoms with Crippen LogP contribution in [-0.4, -0.2) is 34.3 Å². The van der Waals surface area contributed by atoms with E-state index in [4.69, 9.17) is 4.74 Å². The molecule has 1 saturated heterocycles. The molecule has 7 rings (SSSR count). The largest absolute Gasteiger partial charge is 0.504 e. The van der Waals surface area contributed by atoms with Crippen molar-refractivity contribution in [2.75, 3.05) is 12.0 Å². The summed E-state index contributed by atoms with van der Waals surface area (Å²) in [5.41, 5.74) is -0.154. The number of thiazole rings is 1. The van der Waals surface area contributed by atoms with Gasteiger partial charge in [0, 0.05) is 16.0 Å². The highest BCUT2D eigenvalue weighted by Gasteiger charge is 2.69. The highest BCUT2D eigenvalue weighted by atomic mass is 32.2. The fraction of sp³-hybridized carbons (Fsp3) is 0.370. The molecule has 3 fully saturated rings. The molecule has 0 radical (unpaired) electrons. The smallest absolute Gasteiger partial charge is 0.416 e. The summed E-state index contributed by atoms with van der Waals surface area (Å²) in [7, 11) is 1.45. The lowest BCUT2D eigenvalue weighted by molar-refractivity contribution is -0.137. The minimum atomic E-state index is -4.60. The summed E-state index contributed by atoms with van der Waals surface area (Å²) in [4.78, 5) is 44.3. The third-order valence-corrected chi connectivity index (χ3v) is 11.3. The molecule has 2 N–H and O–H groups in total. The molecule has 2 aliphatic carbocycles. The zero-order valence-corrected chi connectivity index (χ0v) is 21.9. The second-order valence-corrected chi connectivity index (χ2v) is 12.7. The van der Waals surface area contributed by atoms with E-state index in [-0.39, 0.29) is 51.0 Å². The predicted octanol–water partition coefficient (Wildman–Crippen LogP) is 4.85. The number of thioether (sulfide) groups is 1. The summed E-state index contributed by atoms with van der Waals surface area (Å²) in [6, 6.07) is 9.40. The molecule has 1 aromatic heterocycles. The topological polar surface area (TPSA) is 99.7 Å². The fourth-order valence-corrected chi connectivity index (χ4v) is 10.2. The average Bonchev–Trinajstić information content (AvgIpc) is 3.63. The third-order valence-electron chi connectivity index (χ3n) is 8.72. The standard InChI is InChI=1S/C27H21F3N2O5S2/c1-37-16-7-10(5-6-15(16)33)17-18-13-9-14(21(18)38-23-22(17)39-26(36)31-23)20-19(13)24(34)32(25(20)35)12-4-2-3-11(8-12)27(28,29)30/h2-8,13-14,17-21,33H,9H2,1H3,(H,31,36). The second kappa shape index (κ2) is 8.37. The van der Waals surface area contributed by atoms with Gasteiger partial charge in [0.1, 0.15) is 0 Å². The van der Waals surface area contributed by atoms with Crippen molar-refractivity contribution in [1.29, 1.82) is 0 Å². The van der Waals surface area contributed by atoms with Gasteiger partial charge in [-0.05, 0) is 60.1 Å². The molecule has 2 aromatic carbocycles. The monoisotopic (exact) mass is 574 g/mol. The number of methoxy groups -OCH3 is 1. The molecule has 39 heavy (non-hydrogen) atoms. The van der Waals surface area contributed by atoms with Crippen molar-refractivity contribution in [2.45, 2.75) is 28.8 Å². The van der Waals surface area contributed by atoms with Gasteiger partial charge >= 0.3 is 11.0 Å². The Morgan fingerprint density at radius 3 is 2.51 bits per heavy atom. The van der Waals surface area contributed by atoms with Crippen molar-refractivity contribution in [3.8, 4) is 11.5 Å². The Morgan fingerprint density at radius 1 is 1.05 bits per heavy atom. The molecule has 3 aromatic rings. The number of aromatic hydroxyl groups is 1. The molecule has 4 aliphatic rings. The molecule has 7 nitrogen and oxygen atoms in total. The summed E-state index contributed by atoms with van der Waals surface area (Å²) in [5.74, 6) is -2.63. The van der Waals surface area contributed by atoms with E-state index >= 15 is 0 Å². The first kappa shape index (κ1) is 24.8. The van der Waals surface area contributed by atoms with E-state index in [0.29, 0.717) is 6.42 Å². The number of anilines is 1. The van der Waals surface area contributed by atoms with E-state index < -0.39 is 35.4 Å². The molecule has 2 aliphatic heterocycles. The van der Waals surface area contributed by atoms with Gasteiger partial charge in [-0.2, -0.15) is 13.2 Å². The molecular formula is C27H21F3N2O5S2. The Hall–Kier alpha value is -3.25. The van der Waals surface area contributed by atoms with Crippen molar-refractivity contribution in [3.05, 3.63) is 68.1 Å². The van der Waals surface area contributed by atoms with Crippen LogP contribution in [-0.2, 0) is 15.8 Å². The maximum Gasteiger partial charge on any atom is 0.416 e. The zero-order chi connectivity index (χ0) is 27.4.